The van der Waals surface area contributed by atoms with Crippen LogP contribution >= 0.6 is 23.2 Å². The summed E-state index contributed by atoms with van der Waals surface area (Å²) in [6.45, 7) is 4.23. The predicted octanol–water partition coefficient (Wildman–Crippen LogP) is 4.24. The van der Waals surface area contributed by atoms with Gasteiger partial charge in [0.1, 0.15) is 12.1 Å². The Bertz CT molecular complexity index is 1110. The van der Waals surface area contributed by atoms with Gasteiger partial charge in [-0.25, -0.2) is 9.97 Å². The van der Waals surface area contributed by atoms with Crippen LogP contribution < -0.4 is 9.80 Å². The summed E-state index contributed by atoms with van der Waals surface area (Å²) in [5, 5.41) is 1.13. The van der Waals surface area contributed by atoms with Gasteiger partial charge in [-0.05, 0) is 12.1 Å². The van der Waals surface area contributed by atoms with E-state index in [-0.39, 0.29) is 11.8 Å². The molecule has 1 aromatic heterocycles. The van der Waals surface area contributed by atoms with Crippen LogP contribution in [0.25, 0.3) is 11.3 Å². The minimum atomic E-state index is 0.00597. The molecule has 32 heavy (non-hydrogen) atoms. The number of piperazine rings is 1. The summed E-state index contributed by atoms with van der Waals surface area (Å²) in [5.41, 5.74) is 2.88. The van der Waals surface area contributed by atoms with Gasteiger partial charge in [0.15, 0.2) is 0 Å². The first-order chi connectivity index (χ1) is 15.6. The van der Waals surface area contributed by atoms with Crippen LogP contribution in [-0.4, -0.2) is 60.0 Å². The minimum Gasteiger partial charge on any atom is -0.367 e. The average Bonchev–Trinajstić information content (AvgIpc) is 2.81. The van der Waals surface area contributed by atoms with Crippen LogP contribution in [0, 0.1) is 5.92 Å². The Kier molecular flexibility index (Phi) is 5.89. The third-order valence-electron chi connectivity index (χ3n) is 6.14. The number of nitrogens with zero attached hydrogens (tertiary/aromatic N) is 5. The maximum atomic E-state index is 13.0. The molecule has 5 rings (SSSR count). The number of benzene rings is 2. The average molecular weight is 468 g/mol. The number of halogens is 2. The van der Waals surface area contributed by atoms with Gasteiger partial charge in [0, 0.05) is 50.9 Å². The second-order valence-electron chi connectivity index (χ2n) is 8.11. The van der Waals surface area contributed by atoms with Crippen molar-refractivity contribution in [2.75, 3.05) is 49.1 Å². The van der Waals surface area contributed by atoms with E-state index in [1.807, 2.05) is 53.4 Å². The molecule has 2 aliphatic heterocycles. The Morgan fingerprint density at radius 3 is 2.38 bits per heavy atom. The summed E-state index contributed by atoms with van der Waals surface area (Å²) in [6, 6.07) is 17.7. The van der Waals surface area contributed by atoms with Gasteiger partial charge in [-0.15, -0.1) is 0 Å². The maximum absolute atomic E-state index is 13.0. The molecule has 2 saturated heterocycles. The molecule has 0 aliphatic carbocycles. The van der Waals surface area contributed by atoms with Gasteiger partial charge in [0.05, 0.1) is 27.3 Å². The molecule has 2 aromatic carbocycles. The number of rotatable bonds is 4. The minimum absolute atomic E-state index is 0.00597. The van der Waals surface area contributed by atoms with Crippen LogP contribution in [-0.2, 0) is 4.79 Å². The summed E-state index contributed by atoms with van der Waals surface area (Å²) in [7, 11) is 0. The Morgan fingerprint density at radius 2 is 1.62 bits per heavy atom. The van der Waals surface area contributed by atoms with E-state index in [4.69, 9.17) is 23.2 Å². The highest BCUT2D eigenvalue weighted by molar-refractivity contribution is 6.43. The van der Waals surface area contributed by atoms with Gasteiger partial charge >= 0.3 is 0 Å². The first kappa shape index (κ1) is 21.0. The van der Waals surface area contributed by atoms with Crippen LogP contribution in [0.15, 0.2) is 60.9 Å². The zero-order valence-corrected chi connectivity index (χ0v) is 19.0. The Hall–Kier alpha value is -2.83. The van der Waals surface area contributed by atoms with Crippen molar-refractivity contribution in [3.05, 3.63) is 71.0 Å². The topological polar surface area (TPSA) is 52.6 Å². The summed E-state index contributed by atoms with van der Waals surface area (Å²) in [4.78, 5) is 28.1. The van der Waals surface area contributed by atoms with Crippen LogP contribution in [0.3, 0.4) is 0 Å². The Morgan fingerprint density at radius 1 is 0.875 bits per heavy atom. The van der Waals surface area contributed by atoms with E-state index < -0.39 is 0 Å². The highest BCUT2D eigenvalue weighted by Crippen LogP contribution is 2.33. The predicted molar refractivity (Wildman–Crippen MR) is 128 cm³/mol. The van der Waals surface area contributed by atoms with Crippen molar-refractivity contribution in [3.8, 4) is 11.3 Å². The van der Waals surface area contributed by atoms with Crippen molar-refractivity contribution in [2.24, 2.45) is 5.92 Å². The molecule has 0 saturated carbocycles. The van der Waals surface area contributed by atoms with Crippen molar-refractivity contribution in [3.63, 3.8) is 0 Å². The van der Waals surface area contributed by atoms with Crippen molar-refractivity contribution in [1.29, 1.82) is 0 Å². The molecule has 6 nitrogen and oxygen atoms in total. The molecule has 0 spiro atoms. The molecule has 2 aliphatic rings. The van der Waals surface area contributed by atoms with E-state index in [0.29, 0.717) is 36.2 Å². The zero-order chi connectivity index (χ0) is 22.1. The van der Waals surface area contributed by atoms with Gasteiger partial charge in [-0.2, -0.15) is 0 Å². The van der Waals surface area contributed by atoms with E-state index in [2.05, 4.69) is 19.8 Å². The first-order valence-corrected chi connectivity index (χ1v) is 11.5. The molecule has 0 unspecified atom stereocenters. The number of aromatic nitrogens is 2. The van der Waals surface area contributed by atoms with E-state index >= 15 is 0 Å². The molecule has 3 aromatic rings. The molecule has 0 radical (unpaired) electrons. The number of hydrogen-bond donors (Lipinski definition) is 0. The lowest BCUT2D eigenvalue weighted by Crippen LogP contribution is -2.58. The van der Waals surface area contributed by atoms with Crippen LogP contribution in [0.5, 0.6) is 0 Å². The van der Waals surface area contributed by atoms with Crippen molar-refractivity contribution < 1.29 is 4.79 Å². The van der Waals surface area contributed by atoms with Crippen molar-refractivity contribution in [1.82, 2.24) is 14.9 Å². The molecule has 3 heterocycles. The lowest BCUT2D eigenvalue weighted by atomic mass is 9.97. The van der Waals surface area contributed by atoms with Crippen molar-refractivity contribution in [2.45, 2.75) is 0 Å². The van der Waals surface area contributed by atoms with Crippen LogP contribution in [0.4, 0.5) is 11.5 Å². The SMILES string of the molecule is O=C(C1CN(c2cc(-c3ccccc3)ncn2)C1)N1CCN(c2cccc(Cl)c2Cl)CC1. The molecule has 0 atom stereocenters. The Labute approximate surface area is 197 Å². The van der Waals surface area contributed by atoms with Crippen LogP contribution in [0.2, 0.25) is 10.0 Å². The summed E-state index contributed by atoms with van der Waals surface area (Å²) in [5.74, 6) is 1.09. The second kappa shape index (κ2) is 8.96. The highest BCUT2D eigenvalue weighted by atomic mass is 35.5. The van der Waals surface area contributed by atoms with E-state index in [1.54, 1.807) is 12.4 Å². The molecular formula is C24H23Cl2N5O. The largest absolute Gasteiger partial charge is 0.367 e. The summed E-state index contributed by atoms with van der Waals surface area (Å²) >= 11 is 12.5. The number of carbonyl (C=O) groups is 1. The number of hydrogen-bond acceptors (Lipinski definition) is 5. The van der Waals surface area contributed by atoms with Gasteiger partial charge < -0.3 is 14.7 Å². The fourth-order valence-corrected chi connectivity index (χ4v) is 4.69. The maximum Gasteiger partial charge on any atom is 0.229 e. The summed E-state index contributed by atoms with van der Waals surface area (Å²) < 4.78 is 0. The number of carbonyl (C=O) groups excluding carboxylic acids is 1. The first-order valence-electron chi connectivity index (χ1n) is 10.7. The normalized spacial score (nSPS) is 16.8. The molecular weight excluding hydrogens is 445 g/mol. The fourth-order valence-electron chi connectivity index (χ4n) is 4.27. The molecule has 0 bridgehead atoms. The molecule has 2 fully saturated rings. The van der Waals surface area contributed by atoms with E-state index in [1.165, 1.54) is 0 Å². The van der Waals surface area contributed by atoms with E-state index in [9.17, 15) is 4.79 Å². The lowest BCUT2D eigenvalue weighted by Gasteiger charge is -2.43. The molecule has 8 heteroatoms. The zero-order valence-electron chi connectivity index (χ0n) is 17.5. The smallest absolute Gasteiger partial charge is 0.229 e. The second-order valence-corrected chi connectivity index (χ2v) is 8.90. The van der Waals surface area contributed by atoms with Crippen molar-refractivity contribution >= 4 is 40.6 Å². The third kappa shape index (κ3) is 4.12. The van der Waals surface area contributed by atoms with Gasteiger partial charge in [-0.1, -0.05) is 59.6 Å². The quantitative estimate of drug-likeness (QED) is 0.574. The van der Waals surface area contributed by atoms with Crippen LogP contribution in [0.1, 0.15) is 0 Å². The van der Waals surface area contributed by atoms with Gasteiger partial charge in [0.2, 0.25) is 5.91 Å². The number of amides is 1. The number of anilines is 2. The summed E-state index contributed by atoms with van der Waals surface area (Å²) in [6.07, 6.45) is 1.59. The standard InChI is InChI=1S/C24H23Cl2N5O/c25-19-7-4-8-21(23(19)26)29-9-11-30(12-10-29)24(32)18-14-31(15-18)22-13-20(27-16-28-22)17-5-2-1-3-6-17/h1-8,13,16,18H,9-12,14-15H2. The van der Waals surface area contributed by atoms with Gasteiger partial charge in [0.25, 0.3) is 0 Å². The fraction of sp³-hybridized carbons (Fsp3) is 0.292. The third-order valence-corrected chi connectivity index (χ3v) is 6.95. The molecule has 164 valence electrons. The molecule has 1 amide bonds. The van der Waals surface area contributed by atoms with E-state index in [0.717, 1.165) is 35.9 Å². The molecule has 0 N–H and O–H groups in total. The monoisotopic (exact) mass is 467 g/mol. The highest BCUT2D eigenvalue weighted by Gasteiger charge is 2.37. The van der Waals surface area contributed by atoms with Gasteiger partial charge in [-0.3, -0.25) is 4.79 Å². The Balaban J connectivity index is 1.17. The lowest BCUT2D eigenvalue weighted by molar-refractivity contribution is -0.136.